The number of likely N-dealkylation sites (tertiary alicyclic amines) is 1. The van der Waals surface area contributed by atoms with Crippen molar-refractivity contribution in [3.05, 3.63) is 81.9 Å². The molecule has 0 aliphatic carbocycles. The number of ether oxygens (including phenoxy) is 1. The predicted octanol–water partition coefficient (Wildman–Crippen LogP) is 3.75. The van der Waals surface area contributed by atoms with Gasteiger partial charge in [0.25, 0.3) is 5.56 Å². The number of benzene rings is 1. The van der Waals surface area contributed by atoms with Gasteiger partial charge in [-0.2, -0.15) is 0 Å². The summed E-state index contributed by atoms with van der Waals surface area (Å²) in [5.74, 6) is 1.51. The van der Waals surface area contributed by atoms with E-state index in [1.807, 2.05) is 36.4 Å². The molecule has 0 spiro atoms. The molecular formula is C24H25ClN4O2. The molecule has 5 rings (SSSR count). The number of anilines is 1. The third-order valence-corrected chi connectivity index (χ3v) is 6.37. The maximum absolute atomic E-state index is 12.6. The quantitative estimate of drug-likeness (QED) is 0.589. The Balaban J connectivity index is 1.23. The Morgan fingerprint density at radius 1 is 1.06 bits per heavy atom. The largest absolute Gasteiger partial charge is 0.489 e. The Bertz CT molecular complexity index is 1090. The van der Waals surface area contributed by atoms with Crippen molar-refractivity contribution in [3.8, 4) is 11.4 Å². The first-order chi connectivity index (χ1) is 15.2. The van der Waals surface area contributed by atoms with E-state index < -0.39 is 0 Å². The van der Waals surface area contributed by atoms with Gasteiger partial charge in [-0.25, -0.2) is 4.98 Å². The number of pyridine rings is 2. The van der Waals surface area contributed by atoms with Crippen LogP contribution in [0.4, 0.5) is 5.82 Å². The van der Waals surface area contributed by atoms with Crippen LogP contribution in [0.5, 0.6) is 5.75 Å². The Labute approximate surface area is 186 Å². The molecule has 0 N–H and O–H groups in total. The molecule has 3 aromatic rings. The fourth-order valence-corrected chi connectivity index (χ4v) is 4.30. The summed E-state index contributed by atoms with van der Waals surface area (Å²) in [5.41, 5.74) is 1.59. The molecule has 2 aromatic heterocycles. The van der Waals surface area contributed by atoms with E-state index in [-0.39, 0.29) is 5.56 Å². The number of hydrogen-bond acceptors (Lipinski definition) is 5. The topological polar surface area (TPSA) is 50.6 Å². The molecule has 0 radical (unpaired) electrons. The van der Waals surface area contributed by atoms with Gasteiger partial charge in [-0.15, -0.1) is 0 Å². The van der Waals surface area contributed by atoms with E-state index in [4.69, 9.17) is 16.3 Å². The first-order valence-electron chi connectivity index (χ1n) is 10.7. The number of rotatable bonds is 6. The highest BCUT2D eigenvalue weighted by Gasteiger charge is 2.31. The zero-order valence-corrected chi connectivity index (χ0v) is 18.0. The first-order valence-corrected chi connectivity index (χ1v) is 11.1. The summed E-state index contributed by atoms with van der Waals surface area (Å²) >= 11 is 5.90. The van der Waals surface area contributed by atoms with E-state index in [9.17, 15) is 4.79 Å². The van der Waals surface area contributed by atoms with E-state index in [0.717, 1.165) is 30.2 Å². The lowest BCUT2D eigenvalue weighted by Crippen LogP contribution is -2.46. The second-order valence-corrected chi connectivity index (χ2v) is 8.57. The smallest absolute Gasteiger partial charge is 0.258 e. The monoisotopic (exact) mass is 436 g/mol. The van der Waals surface area contributed by atoms with Gasteiger partial charge < -0.3 is 9.64 Å². The SMILES string of the molecule is O=c1cc(OCc2ccc(Cl)cc2)ccn1-c1ccc(N2CCC(N3CCC3)C2)nc1. The van der Waals surface area contributed by atoms with Crippen molar-refractivity contribution in [1.82, 2.24) is 14.5 Å². The molecule has 0 bridgehead atoms. The lowest BCUT2D eigenvalue weighted by Gasteiger charge is -2.36. The summed E-state index contributed by atoms with van der Waals surface area (Å²) in [6.07, 6.45) is 6.01. The summed E-state index contributed by atoms with van der Waals surface area (Å²) in [6.45, 7) is 4.91. The Kier molecular flexibility index (Phi) is 5.66. The number of aromatic nitrogens is 2. The van der Waals surface area contributed by atoms with Crippen molar-refractivity contribution < 1.29 is 4.74 Å². The second-order valence-electron chi connectivity index (χ2n) is 8.14. The van der Waals surface area contributed by atoms with E-state index in [0.29, 0.717) is 23.4 Å². The molecular weight excluding hydrogens is 412 g/mol. The summed E-state index contributed by atoms with van der Waals surface area (Å²) < 4.78 is 7.33. The van der Waals surface area contributed by atoms with Crippen LogP contribution >= 0.6 is 11.6 Å². The van der Waals surface area contributed by atoms with E-state index in [2.05, 4.69) is 14.8 Å². The van der Waals surface area contributed by atoms with Crippen molar-refractivity contribution in [2.75, 3.05) is 31.1 Å². The molecule has 2 saturated heterocycles. The molecule has 2 fully saturated rings. The molecule has 0 saturated carbocycles. The molecule has 4 heterocycles. The number of hydrogen-bond donors (Lipinski definition) is 0. The predicted molar refractivity (Wildman–Crippen MR) is 122 cm³/mol. The fourth-order valence-electron chi connectivity index (χ4n) is 4.17. The van der Waals surface area contributed by atoms with Crippen LogP contribution in [0.2, 0.25) is 5.02 Å². The Morgan fingerprint density at radius 3 is 2.58 bits per heavy atom. The Morgan fingerprint density at radius 2 is 1.90 bits per heavy atom. The lowest BCUT2D eigenvalue weighted by atomic mass is 10.1. The van der Waals surface area contributed by atoms with Crippen LogP contribution in [0.25, 0.3) is 5.69 Å². The number of nitrogens with zero attached hydrogens (tertiary/aromatic N) is 4. The summed E-state index contributed by atoms with van der Waals surface area (Å²) in [5, 5.41) is 0.687. The van der Waals surface area contributed by atoms with E-state index >= 15 is 0 Å². The normalized spacial score (nSPS) is 18.7. The van der Waals surface area contributed by atoms with Gasteiger partial charge in [-0.1, -0.05) is 23.7 Å². The van der Waals surface area contributed by atoms with Crippen LogP contribution in [0.1, 0.15) is 18.4 Å². The van der Waals surface area contributed by atoms with Crippen molar-refractivity contribution in [2.45, 2.75) is 25.5 Å². The van der Waals surface area contributed by atoms with Crippen LogP contribution in [-0.2, 0) is 6.61 Å². The summed E-state index contributed by atoms with van der Waals surface area (Å²) in [4.78, 5) is 22.1. The molecule has 160 valence electrons. The molecule has 0 amide bonds. The average Bonchev–Trinajstić information content (AvgIpc) is 3.22. The zero-order chi connectivity index (χ0) is 21.2. The van der Waals surface area contributed by atoms with Gasteiger partial charge in [0, 0.05) is 36.4 Å². The van der Waals surface area contributed by atoms with Gasteiger partial charge in [0.05, 0.1) is 11.9 Å². The van der Waals surface area contributed by atoms with Gasteiger partial charge in [-0.3, -0.25) is 14.3 Å². The van der Waals surface area contributed by atoms with Crippen LogP contribution < -0.4 is 15.2 Å². The third kappa shape index (κ3) is 4.45. The lowest BCUT2D eigenvalue weighted by molar-refractivity contribution is 0.129. The summed E-state index contributed by atoms with van der Waals surface area (Å²) in [7, 11) is 0. The fraction of sp³-hybridized carbons (Fsp3) is 0.333. The molecule has 7 heteroatoms. The molecule has 1 aromatic carbocycles. The van der Waals surface area contributed by atoms with Gasteiger partial charge >= 0.3 is 0 Å². The Hall–Kier alpha value is -2.83. The van der Waals surface area contributed by atoms with Gasteiger partial charge in [0.1, 0.15) is 18.2 Å². The van der Waals surface area contributed by atoms with Crippen LogP contribution in [0.15, 0.2) is 65.7 Å². The highest BCUT2D eigenvalue weighted by atomic mass is 35.5. The standard InChI is InChI=1S/C24H25ClN4O2/c25-19-4-2-18(3-5-19)17-31-22-9-13-29(24(30)14-22)20-6-7-23(26-15-20)28-12-8-21(16-28)27-10-1-11-27/h2-7,9,13-15,21H,1,8,10-12,16-17H2. The van der Waals surface area contributed by atoms with Crippen molar-refractivity contribution in [3.63, 3.8) is 0 Å². The van der Waals surface area contributed by atoms with Crippen molar-refractivity contribution >= 4 is 17.4 Å². The first kappa shape index (κ1) is 20.1. The highest BCUT2D eigenvalue weighted by Crippen LogP contribution is 2.24. The van der Waals surface area contributed by atoms with Gasteiger partial charge in [0.2, 0.25) is 0 Å². The minimum absolute atomic E-state index is 0.151. The van der Waals surface area contributed by atoms with Gasteiger partial charge in [0.15, 0.2) is 0 Å². The van der Waals surface area contributed by atoms with Gasteiger partial charge in [-0.05, 0) is 61.8 Å². The van der Waals surface area contributed by atoms with Crippen molar-refractivity contribution in [1.29, 1.82) is 0 Å². The minimum Gasteiger partial charge on any atom is -0.489 e. The molecule has 2 aliphatic rings. The zero-order valence-electron chi connectivity index (χ0n) is 17.3. The maximum atomic E-state index is 12.6. The molecule has 2 aliphatic heterocycles. The average molecular weight is 437 g/mol. The molecule has 6 nitrogen and oxygen atoms in total. The molecule has 1 atom stereocenters. The number of halogens is 1. The highest BCUT2D eigenvalue weighted by molar-refractivity contribution is 6.30. The summed E-state index contributed by atoms with van der Waals surface area (Å²) in [6, 6.07) is 15.4. The van der Waals surface area contributed by atoms with E-state index in [1.165, 1.54) is 32.0 Å². The molecule has 31 heavy (non-hydrogen) atoms. The second kappa shape index (κ2) is 8.73. The van der Waals surface area contributed by atoms with Crippen LogP contribution in [-0.4, -0.2) is 46.7 Å². The third-order valence-electron chi connectivity index (χ3n) is 6.11. The maximum Gasteiger partial charge on any atom is 0.258 e. The van der Waals surface area contributed by atoms with Crippen LogP contribution in [0, 0.1) is 0 Å². The van der Waals surface area contributed by atoms with Crippen LogP contribution in [0.3, 0.4) is 0 Å². The molecule has 1 unspecified atom stereocenters. The minimum atomic E-state index is -0.151. The van der Waals surface area contributed by atoms with E-state index in [1.54, 1.807) is 23.0 Å². The van der Waals surface area contributed by atoms with Crippen molar-refractivity contribution in [2.24, 2.45) is 0 Å².